The number of hydrogen-bond donors (Lipinski definition) is 0. The molecule has 2 aromatic rings. The van der Waals surface area contributed by atoms with Gasteiger partial charge in [0.2, 0.25) is 0 Å². The van der Waals surface area contributed by atoms with Gasteiger partial charge in [0.1, 0.15) is 0 Å². The van der Waals surface area contributed by atoms with E-state index < -0.39 is 0 Å². The van der Waals surface area contributed by atoms with Gasteiger partial charge in [-0.05, 0) is 42.7 Å². The number of rotatable bonds is 2. The molecule has 0 spiro atoms. The van der Waals surface area contributed by atoms with Crippen molar-refractivity contribution >= 4 is 11.6 Å². The quantitative estimate of drug-likeness (QED) is 0.729. The van der Waals surface area contributed by atoms with Crippen molar-refractivity contribution in [2.24, 2.45) is 0 Å². The first kappa shape index (κ1) is 10.6. The highest BCUT2D eigenvalue weighted by atomic mass is 14.6. The van der Waals surface area contributed by atoms with Gasteiger partial charge < -0.3 is 0 Å². The van der Waals surface area contributed by atoms with Crippen LogP contribution < -0.4 is 0 Å². The summed E-state index contributed by atoms with van der Waals surface area (Å²) in [6, 6.07) is 14.5. The van der Waals surface area contributed by atoms with Gasteiger partial charge in [0.25, 0.3) is 0 Å². The maximum Gasteiger partial charge on any atom is 0.0378 e. The fourth-order valence-corrected chi connectivity index (χ4v) is 1.69. The van der Waals surface area contributed by atoms with Gasteiger partial charge in [0, 0.05) is 11.9 Å². The number of benzene rings is 1. The van der Waals surface area contributed by atoms with Crippen LogP contribution in [0.15, 0.2) is 48.7 Å². The summed E-state index contributed by atoms with van der Waals surface area (Å²) in [5, 5.41) is 0. The van der Waals surface area contributed by atoms with Crippen molar-refractivity contribution in [3.8, 4) is 0 Å². The third-order valence-electron chi connectivity index (χ3n) is 2.53. The maximum atomic E-state index is 4.19. The molecule has 1 aromatic heterocycles. The van der Waals surface area contributed by atoms with E-state index in [-0.39, 0.29) is 0 Å². The van der Waals surface area contributed by atoms with Crippen molar-refractivity contribution in [1.29, 1.82) is 0 Å². The monoisotopic (exact) mass is 209 g/mol. The molecule has 0 N–H and O–H groups in total. The van der Waals surface area contributed by atoms with Gasteiger partial charge in [-0.15, -0.1) is 0 Å². The second-order valence-corrected chi connectivity index (χ2v) is 3.92. The Morgan fingerprint density at radius 2 is 1.88 bits per heavy atom. The van der Waals surface area contributed by atoms with Crippen LogP contribution in [0.3, 0.4) is 0 Å². The molecule has 80 valence electrons. The van der Waals surface area contributed by atoms with Gasteiger partial charge in [-0.25, -0.2) is 0 Å². The van der Waals surface area contributed by atoms with Gasteiger partial charge in [-0.3, -0.25) is 4.98 Å². The zero-order chi connectivity index (χ0) is 11.4. The molecule has 1 heterocycles. The molecule has 0 atom stereocenters. The molecule has 0 aliphatic heterocycles. The van der Waals surface area contributed by atoms with Crippen LogP contribution in [0, 0.1) is 6.92 Å². The number of pyridine rings is 1. The van der Waals surface area contributed by atoms with Crippen molar-refractivity contribution in [3.63, 3.8) is 0 Å². The molecule has 1 aromatic carbocycles. The van der Waals surface area contributed by atoms with E-state index in [1.807, 2.05) is 25.3 Å². The highest BCUT2D eigenvalue weighted by Crippen LogP contribution is 2.17. The van der Waals surface area contributed by atoms with Crippen molar-refractivity contribution in [2.75, 3.05) is 0 Å². The minimum absolute atomic E-state index is 1.05. The maximum absolute atomic E-state index is 4.19. The minimum Gasteiger partial charge on any atom is -0.262 e. The van der Waals surface area contributed by atoms with Crippen LogP contribution in [0.5, 0.6) is 0 Å². The summed E-state index contributed by atoms with van der Waals surface area (Å²) < 4.78 is 0. The molecule has 0 saturated heterocycles. The molecule has 0 amide bonds. The van der Waals surface area contributed by atoms with E-state index in [2.05, 4.69) is 48.3 Å². The molecule has 1 nitrogen and oxygen atoms in total. The van der Waals surface area contributed by atoms with Crippen LogP contribution in [-0.4, -0.2) is 4.98 Å². The van der Waals surface area contributed by atoms with E-state index in [1.54, 1.807) is 0 Å². The smallest absolute Gasteiger partial charge is 0.0378 e. The van der Waals surface area contributed by atoms with E-state index >= 15 is 0 Å². The Bertz CT molecular complexity index is 498. The average Bonchev–Trinajstić information content (AvgIpc) is 2.30. The summed E-state index contributed by atoms with van der Waals surface area (Å²) in [4.78, 5) is 4.19. The van der Waals surface area contributed by atoms with Crippen molar-refractivity contribution in [1.82, 2.24) is 4.98 Å². The highest BCUT2D eigenvalue weighted by Gasteiger charge is 1.95. The Labute approximate surface area is 96.5 Å². The van der Waals surface area contributed by atoms with E-state index in [0.717, 1.165) is 5.69 Å². The third-order valence-corrected chi connectivity index (χ3v) is 2.53. The van der Waals surface area contributed by atoms with E-state index in [9.17, 15) is 0 Å². The topological polar surface area (TPSA) is 12.9 Å². The van der Waals surface area contributed by atoms with Crippen LogP contribution in [0.25, 0.3) is 11.6 Å². The second-order valence-electron chi connectivity index (χ2n) is 3.92. The SMILES string of the molecule is CC(=Cc1ccnc(C)c1)c1ccccc1. The Morgan fingerprint density at radius 3 is 2.56 bits per heavy atom. The average molecular weight is 209 g/mol. The number of nitrogens with zero attached hydrogens (tertiary/aromatic N) is 1. The zero-order valence-electron chi connectivity index (χ0n) is 9.64. The van der Waals surface area contributed by atoms with E-state index in [4.69, 9.17) is 0 Å². The molecule has 0 unspecified atom stereocenters. The number of aromatic nitrogens is 1. The molecule has 0 bridgehead atoms. The highest BCUT2D eigenvalue weighted by molar-refractivity contribution is 5.80. The number of aryl methyl sites for hydroxylation is 1. The molecule has 0 aliphatic rings. The summed E-state index contributed by atoms with van der Waals surface area (Å²) >= 11 is 0. The Morgan fingerprint density at radius 1 is 1.12 bits per heavy atom. The van der Waals surface area contributed by atoms with Gasteiger partial charge in [-0.1, -0.05) is 36.4 Å². The standard InChI is InChI=1S/C15H15N/c1-12(15-6-4-3-5-7-15)10-14-8-9-16-13(2)11-14/h3-11H,1-2H3. The molecule has 2 rings (SSSR count). The van der Waals surface area contributed by atoms with E-state index in [1.165, 1.54) is 16.7 Å². The van der Waals surface area contributed by atoms with Crippen LogP contribution in [-0.2, 0) is 0 Å². The first-order valence-corrected chi connectivity index (χ1v) is 5.42. The lowest BCUT2D eigenvalue weighted by atomic mass is 10.0. The molecular formula is C15H15N. The largest absolute Gasteiger partial charge is 0.262 e. The lowest BCUT2D eigenvalue weighted by Crippen LogP contribution is -1.82. The minimum atomic E-state index is 1.05. The van der Waals surface area contributed by atoms with Gasteiger partial charge in [-0.2, -0.15) is 0 Å². The summed E-state index contributed by atoms with van der Waals surface area (Å²) in [6.45, 7) is 4.14. The van der Waals surface area contributed by atoms with Crippen molar-refractivity contribution < 1.29 is 0 Å². The molecular weight excluding hydrogens is 194 g/mol. The Balaban J connectivity index is 2.32. The van der Waals surface area contributed by atoms with Crippen molar-refractivity contribution in [2.45, 2.75) is 13.8 Å². The molecule has 0 saturated carbocycles. The van der Waals surface area contributed by atoms with Gasteiger partial charge in [0.05, 0.1) is 0 Å². The molecule has 0 aliphatic carbocycles. The first-order valence-electron chi connectivity index (χ1n) is 5.42. The van der Waals surface area contributed by atoms with Gasteiger partial charge in [0.15, 0.2) is 0 Å². The predicted molar refractivity (Wildman–Crippen MR) is 69.0 cm³/mol. The summed E-state index contributed by atoms with van der Waals surface area (Å²) in [7, 11) is 0. The summed E-state index contributed by atoms with van der Waals surface area (Å²) in [6.07, 6.45) is 4.03. The van der Waals surface area contributed by atoms with E-state index in [0.29, 0.717) is 0 Å². The van der Waals surface area contributed by atoms with Crippen molar-refractivity contribution in [3.05, 3.63) is 65.5 Å². The van der Waals surface area contributed by atoms with Crippen LogP contribution in [0.2, 0.25) is 0 Å². The third kappa shape index (κ3) is 2.57. The normalized spacial score (nSPS) is 11.5. The Kier molecular flexibility index (Phi) is 3.16. The van der Waals surface area contributed by atoms with Crippen LogP contribution >= 0.6 is 0 Å². The Hall–Kier alpha value is -1.89. The lowest BCUT2D eigenvalue weighted by Gasteiger charge is -2.02. The summed E-state index contributed by atoms with van der Waals surface area (Å²) in [5.74, 6) is 0. The molecule has 0 fully saturated rings. The lowest BCUT2D eigenvalue weighted by molar-refractivity contribution is 1.20. The summed E-state index contributed by atoms with van der Waals surface area (Å²) in [5.41, 5.74) is 4.78. The number of allylic oxidation sites excluding steroid dienone is 1. The first-order chi connectivity index (χ1) is 7.75. The fraction of sp³-hybridized carbons (Fsp3) is 0.133. The molecule has 0 radical (unpaired) electrons. The van der Waals surface area contributed by atoms with Crippen LogP contribution in [0.1, 0.15) is 23.7 Å². The van der Waals surface area contributed by atoms with Gasteiger partial charge >= 0.3 is 0 Å². The molecule has 1 heteroatoms. The van der Waals surface area contributed by atoms with Crippen LogP contribution in [0.4, 0.5) is 0 Å². The number of hydrogen-bond acceptors (Lipinski definition) is 1. The zero-order valence-corrected chi connectivity index (χ0v) is 9.64. The molecule has 16 heavy (non-hydrogen) atoms. The second kappa shape index (κ2) is 4.75. The fourth-order valence-electron chi connectivity index (χ4n) is 1.69. The predicted octanol–water partition coefficient (Wildman–Crippen LogP) is 3.95.